The van der Waals surface area contributed by atoms with E-state index in [2.05, 4.69) is 67.5 Å². The Bertz CT molecular complexity index is 626. The highest BCUT2D eigenvalue weighted by molar-refractivity contribution is 5.57. The molecule has 3 rings (SSSR count). The highest BCUT2D eigenvalue weighted by Gasteiger charge is 2.13. The molecule has 2 nitrogen and oxygen atoms in total. The zero-order valence-corrected chi connectivity index (χ0v) is 13.2. The molecule has 0 aromatic heterocycles. The molecule has 2 heteroatoms. The van der Waals surface area contributed by atoms with Crippen LogP contribution in [0.15, 0.2) is 36.4 Å². The minimum Gasteiger partial charge on any atom is -0.381 e. The SMILES string of the molecule is Cc1cc(C)cc(NCc2ccc3c(c2)CCCN3C)c1. The Labute approximate surface area is 127 Å². The summed E-state index contributed by atoms with van der Waals surface area (Å²) in [6, 6.07) is 13.5. The van der Waals surface area contributed by atoms with E-state index in [9.17, 15) is 0 Å². The lowest BCUT2D eigenvalue weighted by atomic mass is 9.99. The lowest BCUT2D eigenvalue weighted by molar-refractivity contribution is 0.743. The Morgan fingerprint density at radius 2 is 1.81 bits per heavy atom. The molecule has 1 heterocycles. The van der Waals surface area contributed by atoms with Gasteiger partial charge in [-0.2, -0.15) is 0 Å². The molecule has 0 unspecified atom stereocenters. The first kappa shape index (κ1) is 14.0. The molecule has 1 aliphatic heterocycles. The lowest BCUT2D eigenvalue weighted by Crippen LogP contribution is -2.24. The van der Waals surface area contributed by atoms with E-state index in [4.69, 9.17) is 0 Å². The van der Waals surface area contributed by atoms with Crippen LogP contribution in [-0.2, 0) is 13.0 Å². The molecule has 2 aromatic rings. The van der Waals surface area contributed by atoms with E-state index in [-0.39, 0.29) is 0 Å². The molecule has 0 saturated heterocycles. The lowest BCUT2D eigenvalue weighted by Gasteiger charge is -2.27. The monoisotopic (exact) mass is 280 g/mol. The summed E-state index contributed by atoms with van der Waals surface area (Å²) < 4.78 is 0. The molecule has 0 bridgehead atoms. The van der Waals surface area contributed by atoms with Gasteiger partial charge in [-0.05, 0) is 67.1 Å². The van der Waals surface area contributed by atoms with Crippen molar-refractivity contribution in [2.75, 3.05) is 23.8 Å². The predicted octanol–water partition coefficient (Wildman–Crippen LogP) is 4.30. The minimum absolute atomic E-state index is 0.889. The summed E-state index contributed by atoms with van der Waals surface area (Å²) in [5.41, 5.74) is 8.08. The Morgan fingerprint density at radius 1 is 1.05 bits per heavy atom. The van der Waals surface area contributed by atoms with E-state index in [1.165, 1.54) is 53.0 Å². The molecule has 1 N–H and O–H groups in total. The maximum Gasteiger partial charge on any atom is 0.0400 e. The number of hydrogen-bond donors (Lipinski definition) is 1. The second-order valence-corrected chi connectivity index (χ2v) is 6.22. The number of nitrogens with zero attached hydrogens (tertiary/aromatic N) is 1. The highest BCUT2D eigenvalue weighted by atomic mass is 15.1. The number of nitrogens with one attached hydrogen (secondary N) is 1. The van der Waals surface area contributed by atoms with Crippen molar-refractivity contribution in [3.05, 3.63) is 58.7 Å². The summed E-state index contributed by atoms with van der Waals surface area (Å²) in [6.45, 7) is 6.35. The van der Waals surface area contributed by atoms with Gasteiger partial charge in [0.05, 0.1) is 0 Å². The van der Waals surface area contributed by atoms with E-state index in [0.717, 1.165) is 6.54 Å². The van der Waals surface area contributed by atoms with E-state index < -0.39 is 0 Å². The Hall–Kier alpha value is -1.96. The van der Waals surface area contributed by atoms with Gasteiger partial charge in [0.25, 0.3) is 0 Å². The van der Waals surface area contributed by atoms with Gasteiger partial charge in [0.1, 0.15) is 0 Å². The molecular formula is C19H24N2. The summed E-state index contributed by atoms with van der Waals surface area (Å²) in [4.78, 5) is 2.36. The molecule has 0 atom stereocenters. The molecule has 0 fully saturated rings. The second kappa shape index (κ2) is 5.80. The summed E-state index contributed by atoms with van der Waals surface area (Å²) in [5.74, 6) is 0. The third-order valence-corrected chi connectivity index (χ3v) is 4.21. The largest absolute Gasteiger partial charge is 0.381 e. The van der Waals surface area contributed by atoms with E-state index in [1.807, 2.05) is 0 Å². The topological polar surface area (TPSA) is 15.3 Å². The quantitative estimate of drug-likeness (QED) is 0.902. The summed E-state index contributed by atoms with van der Waals surface area (Å²) in [6.07, 6.45) is 2.47. The molecule has 0 radical (unpaired) electrons. The molecule has 0 saturated carbocycles. The smallest absolute Gasteiger partial charge is 0.0400 e. The van der Waals surface area contributed by atoms with Crippen molar-refractivity contribution >= 4 is 11.4 Å². The average Bonchev–Trinajstić information content (AvgIpc) is 2.44. The van der Waals surface area contributed by atoms with Crippen LogP contribution in [0.5, 0.6) is 0 Å². The van der Waals surface area contributed by atoms with Gasteiger partial charge in [-0.1, -0.05) is 18.2 Å². The zero-order valence-electron chi connectivity index (χ0n) is 13.2. The van der Waals surface area contributed by atoms with Crippen LogP contribution < -0.4 is 10.2 Å². The fraction of sp³-hybridized carbons (Fsp3) is 0.368. The summed E-state index contributed by atoms with van der Waals surface area (Å²) in [7, 11) is 2.19. The van der Waals surface area contributed by atoms with Gasteiger partial charge in [-0.15, -0.1) is 0 Å². The predicted molar refractivity (Wildman–Crippen MR) is 91.3 cm³/mol. The van der Waals surface area contributed by atoms with Crippen LogP contribution >= 0.6 is 0 Å². The third kappa shape index (κ3) is 3.21. The fourth-order valence-electron chi connectivity index (χ4n) is 3.23. The van der Waals surface area contributed by atoms with Crippen molar-refractivity contribution in [1.82, 2.24) is 0 Å². The van der Waals surface area contributed by atoms with Gasteiger partial charge in [0.2, 0.25) is 0 Å². The van der Waals surface area contributed by atoms with Gasteiger partial charge in [-0.3, -0.25) is 0 Å². The number of rotatable bonds is 3. The maximum atomic E-state index is 3.55. The number of hydrogen-bond acceptors (Lipinski definition) is 2. The van der Waals surface area contributed by atoms with Gasteiger partial charge < -0.3 is 10.2 Å². The highest BCUT2D eigenvalue weighted by Crippen LogP contribution is 2.27. The van der Waals surface area contributed by atoms with Gasteiger partial charge in [0, 0.05) is 31.5 Å². The first-order chi connectivity index (χ1) is 10.1. The van der Waals surface area contributed by atoms with Crippen molar-refractivity contribution in [1.29, 1.82) is 0 Å². The van der Waals surface area contributed by atoms with Crippen LogP contribution in [0.1, 0.15) is 28.7 Å². The van der Waals surface area contributed by atoms with E-state index in [0.29, 0.717) is 0 Å². The molecule has 21 heavy (non-hydrogen) atoms. The number of benzene rings is 2. The first-order valence-corrected chi connectivity index (χ1v) is 7.77. The van der Waals surface area contributed by atoms with Crippen LogP contribution in [0, 0.1) is 13.8 Å². The van der Waals surface area contributed by atoms with Crippen LogP contribution in [-0.4, -0.2) is 13.6 Å². The summed E-state index contributed by atoms with van der Waals surface area (Å²) in [5, 5.41) is 3.55. The standard InChI is InChI=1S/C19H24N2/c1-14-9-15(2)11-18(10-14)20-13-16-6-7-19-17(12-16)5-4-8-21(19)3/h6-7,9-12,20H,4-5,8,13H2,1-3H3. The van der Waals surface area contributed by atoms with Crippen LogP contribution in [0.2, 0.25) is 0 Å². The summed E-state index contributed by atoms with van der Waals surface area (Å²) >= 11 is 0. The molecule has 1 aliphatic rings. The normalized spacial score (nSPS) is 14.0. The van der Waals surface area contributed by atoms with E-state index in [1.54, 1.807) is 0 Å². The van der Waals surface area contributed by atoms with Crippen molar-refractivity contribution in [3.63, 3.8) is 0 Å². The van der Waals surface area contributed by atoms with Crippen LogP contribution in [0.3, 0.4) is 0 Å². The molecule has 2 aromatic carbocycles. The Balaban J connectivity index is 1.73. The van der Waals surface area contributed by atoms with Crippen molar-refractivity contribution < 1.29 is 0 Å². The van der Waals surface area contributed by atoms with Gasteiger partial charge in [0.15, 0.2) is 0 Å². The zero-order chi connectivity index (χ0) is 14.8. The van der Waals surface area contributed by atoms with Crippen LogP contribution in [0.25, 0.3) is 0 Å². The Kier molecular flexibility index (Phi) is 3.87. The average molecular weight is 280 g/mol. The number of anilines is 2. The van der Waals surface area contributed by atoms with Crippen molar-refractivity contribution in [2.24, 2.45) is 0 Å². The Morgan fingerprint density at radius 3 is 2.57 bits per heavy atom. The fourth-order valence-corrected chi connectivity index (χ4v) is 3.23. The van der Waals surface area contributed by atoms with E-state index >= 15 is 0 Å². The molecular weight excluding hydrogens is 256 g/mol. The van der Waals surface area contributed by atoms with Crippen molar-refractivity contribution in [3.8, 4) is 0 Å². The molecule has 0 spiro atoms. The number of aryl methyl sites for hydroxylation is 3. The molecule has 0 aliphatic carbocycles. The molecule has 110 valence electrons. The maximum absolute atomic E-state index is 3.55. The number of fused-ring (bicyclic) bond motifs is 1. The second-order valence-electron chi connectivity index (χ2n) is 6.22. The van der Waals surface area contributed by atoms with Crippen LogP contribution in [0.4, 0.5) is 11.4 Å². The first-order valence-electron chi connectivity index (χ1n) is 7.77. The van der Waals surface area contributed by atoms with Gasteiger partial charge in [-0.25, -0.2) is 0 Å². The molecule has 0 amide bonds. The van der Waals surface area contributed by atoms with Gasteiger partial charge >= 0.3 is 0 Å². The van der Waals surface area contributed by atoms with Crippen molar-refractivity contribution in [2.45, 2.75) is 33.2 Å². The third-order valence-electron chi connectivity index (χ3n) is 4.21. The minimum atomic E-state index is 0.889.